The average Bonchev–Trinajstić information content (AvgIpc) is 3.38. The summed E-state index contributed by atoms with van der Waals surface area (Å²) in [5, 5.41) is 8.78. The van der Waals surface area contributed by atoms with E-state index in [0.717, 1.165) is 10.6 Å². The van der Waals surface area contributed by atoms with Crippen molar-refractivity contribution < 1.29 is 14.4 Å². The topological polar surface area (TPSA) is 101 Å². The quantitative estimate of drug-likeness (QED) is 0.612. The van der Waals surface area contributed by atoms with Gasteiger partial charge >= 0.3 is 0 Å². The lowest BCUT2D eigenvalue weighted by atomic mass is 9.89. The van der Waals surface area contributed by atoms with Gasteiger partial charge in [0.25, 0.3) is 0 Å². The second kappa shape index (κ2) is 8.85. The molecule has 2 heterocycles. The molecule has 0 aliphatic heterocycles. The highest BCUT2D eigenvalue weighted by molar-refractivity contribution is 7.17. The molecule has 4 rings (SSSR count). The Kier molecular flexibility index (Phi) is 6.01. The Morgan fingerprint density at radius 3 is 2.77 bits per heavy atom. The smallest absolute Gasteiger partial charge is 0.230 e. The molecule has 0 saturated carbocycles. The fraction of sp³-hybridized carbons (Fsp3) is 0.286. The predicted molar refractivity (Wildman–Crippen MR) is 116 cm³/mol. The van der Waals surface area contributed by atoms with E-state index in [1.54, 1.807) is 6.20 Å². The first kappa shape index (κ1) is 20.4. The number of anilines is 1. The largest absolute Gasteiger partial charge is 0.347 e. The lowest BCUT2D eigenvalue weighted by Crippen LogP contribution is -2.36. The molecule has 0 bridgehead atoms. The number of Topliss-reactive ketones (excluding diaryl/α,β-unsaturated/α-hetero) is 1. The highest BCUT2D eigenvalue weighted by atomic mass is 32.1. The summed E-state index contributed by atoms with van der Waals surface area (Å²) < 4.78 is 0. The first-order chi connectivity index (χ1) is 14.5. The molecule has 1 aliphatic carbocycles. The van der Waals surface area contributed by atoms with Gasteiger partial charge in [-0.3, -0.25) is 14.4 Å². The van der Waals surface area contributed by atoms with Crippen LogP contribution in [-0.4, -0.2) is 27.6 Å². The zero-order valence-electron chi connectivity index (χ0n) is 16.3. The van der Waals surface area contributed by atoms with Crippen LogP contribution in [0.15, 0.2) is 41.9 Å². The van der Waals surface area contributed by atoms with Crippen LogP contribution < -0.4 is 10.6 Å². The molecule has 1 aromatic carbocycles. The van der Waals surface area contributed by atoms with Gasteiger partial charge in [0.1, 0.15) is 5.01 Å². The lowest BCUT2D eigenvalue weighted by molar-refractivity contribution is -0.125. The first-order valence-electron chi connectivity index (χ1n) is 9.56. The standard InChI is InChI=1S/C21H20N4O3S2/c1-12(20-22-7-8-29-20)23-19(28)14-10-15-18(16(26)11-14)30-21(24-15)25-17(27)9-13-5-3-2-4-6-13/h2-8,12,14H,9-11H2,1H3,(H,23,28)(H,24,25,27)/t12-,14-/m0/s1. The van der Waals surface area contributed by atoms with E-state index in [4.69, 9.17) is 0 Å². The van der Waals surface area contributed by atoms with Gasteiger partial charge in [0.15, 0.2) is 10.9 Å². The van der Waals surface area contributed by atoms with Gasteiger partial charge in [0.2, 0.25) is 11.8 Å². The maximum Gasteiger partial charge on any atom is 0.230 e. The number of aromatic nitrogens is 2. The minimum absolute atomic E-state index is 0.112. The molecule has 0 saturated heterocycles. The molecule has 1 aliphatic rings. The summed E-state index contributed by atoms with van der Waals surface area (Å²) in [6.45, 7) is 1.87. The second-order valence-electron chi connectivity index (χ2n) is 7.13. The summed E-state index contributed by atoms with van der Waals surface area (Å²) in [5.74, 6) is -0.951. The monoisotopic (exact) mass is 440 g/mol. The van der Waals surface area contributed by atoms with E-state index in [0.29, 0.717) is 22.1 Å². The number of hydrogen-bond acceptors (Lipinski definition) is 7. The van der Waals surface area contributed by atoms with E-state index in [2.05, 4.69) is 20.6 Å². The molecular weight excluding hydrogens is 420 g/mol. The van der Waals surface area contributed by atoms with Gasteiger partial charge < -0.3 is 10.6 Å². The van der Waals surface area contributed by atoms with Gasteiger partial charge in [-0.25, -0.2) is 9.97 Å². The van der Waals surface area contributed by atoms with Crippen molar-refractivity contribution in [3.8, 4) is 0 Å². The fourth-order valence-electron chi connectivity index (χ4n) is 3.35. The van der Waals surface area contributed by atoms with Crippen LogP contribution in [0.2, 0.25) is 0 Å². The summed E-state index contributed by atoms with van der Waals surface area (Å²) in [5.41, 5.74) is 1.48. The molecule has 0 fully saturated rings. The molecule has 0 spiro atoms. The van der Waals surface area contributed by atoms with Crippen molar-refractivity contribution in [2.75, 3.05) is 5.32 Å². The maximum atomic E-state index is 12.7. The van der Waals surface area contributed by atoms with Gasteiger partial charge in [-0.05, 0) is 12.5 Å². The van der Waals surface area contributed by atoms with Crippen LogP contribution >= 0.6 is 22.7 Å². The molecule has 2 aromatic heterocycles. The summed E-state index contributed by atoms with van der Waals surface area (Å²) in [6, 6.07) is 9.20. The van der Waals surface area contributed by atoms with Gasteiger partial charge in [0.05, 0.1) is 29.0 Å². The Morgan fingerprint density at radius 2 is 2.03 bits per heavy atom. The zero-order chi connectivity index (χ0) is 21.1. The number of rotatable bonds is 6. The van der Waals surface area contributed by atoms with Crippen LogP contribution in [-0.2, 0) is 22.4 Å². The second-order valence-corrected chi connectivity index (χ2v) is 9.06. The van der Waals surface area contributed by atoms with E-state index in [1.807, 2.05) is 42.6 Å². The third-order valence-electron chi connectivity index (χ3n) is 4.83. The molecule has 2 amide bonds. The molecule has 2 atom stereocenters. The minimum atomic E-state index is -0.470. The van der Waals surface area contributed by atoms with Crippen molar-refractivity contribution in [2.45, 2.75) is 32.2 Å². The van der Waals surface area contributed by atoms with E-state index in [9.17, 15) is 14.4 Å². The Labute approximate surface area is 181 Å². The van der Waals surface area contributed by atoms with Crippen molar-refractivity contribution >= 4 is 45.4 Å². The van der Waals surface area contributed by atoms with E-state index in [1.165, 1.54) is 22.7 Å². The number of thiazole rings is 2. The van der Waals surface area contributed by atoms with Crippen LogP contribution in [0, 0.1) is 5.92 Å². The summed E-state index contributed by atoms with van der Waals surface area (Å²) >= 11 is 2.65. The first-order valence-corrected chi connectivity index (χ1v) is 11.3. The molecule has 3 aromatic rings. The number of benzene rings is 1. The molecular formula is C21H20N4O3S2. The summed E-state index contributed by atoms with van der Waals surface area (Å²) in [4.78, 5) is 46.7. The third-order valence-corrected chi connectivity index (χ3v) is 6.84. The molecule has 9 heteroatoms. The Bertz CT molecular complexity index is 1060. The fourth-order valence-corrected chi connectivity index (χ4v) is 4.96. The molecule has 7 nitrogen and oxygen atoms in total. The highest BCUT2D eigenvalue weighted by Gasteiger charge is 2.33. The van der Waals surface area contributed by atoms with Gasteiger partial charge in [-0.1, -0.05) is 41.7 Å². The van der Waals surface area contributed by atoms with Crippen molar-refractivity contribution in [2.24, 2.45) is 5.92 Å². The minimum Gasteiger partial charge on any atom is -0.347 e. The van der Waals surface area contributed by atoms with Gasteiger partial charge in [0, 0.05) is 24.4 Å². The summed E-state index contributed by atoms with van der Waals surface area (Å²) in [7, 11) is 0. The van der Waals surface area contributed by atoms with Crippen LogP contribution in [0.1, 0.15) is 45.3 Å². The average molecular weight is 441 g/mol. The van der Waals surface area contributed by atoms with E-state index in [-0.39, 0.29) is 36.5 Å². The predicted octanol–water partition coefficient (Wildman–Crippen LogP) is 3.40. The van der Waals surface area contributed by atoms with Crippen molar-refractivity contribution in [3.05, 3.63) is 63.1 Å². The Morgan fingerprint density at radius 1 is 1.23 bits per heavy atom. The van der Waals surface area contributed by atoms with Crippen molar-refractivity contribution in [3.63, 3.8) is 0 Å². The van der Waals surface area contributed by atoms with Crippen LogP contribution in [0.5, 0.6) is 0 Å². The third kappa shape index (κ3) is 4.63. The maximum absolute atomic E-state index is 12.7. The van der Waals surface area contributed by atoms with Crippen molar-refractivity contribution in [1.29, 1.82) is 0 Å². The van der Waals surface area contributed by atoms with E-state index >= 15 is 0 Å². The molecule has 154 valence electrons. The van der Waals surface area contributed by atoms with Crippen molar-refractivity contribution in [1.82, 2.24) is 15.3 Å². The molecule has 30 heavy (non-hydrogen) atoms. The SMILES string of the molecule is C[C@H](NC(=O)[C@@H]1CC(=O)c2sc(NC(=O)Cc3ccccc3)nc2C1)c1nccs1. The Hall–Kier alpha value is -2.91. The number of nitrogens with one attached hydrogen (secondary N) is 2. The van der Waals surface area contributed by atoms with Gasteiger partial charge in [-0.2, -0.15) is 0 Å². The molecule has 0 unspecified atom stereocenters. The normalized spacial score (nSPS) is 16.6. The van der Waals surface area contributed by atoms with E-state index < -0.39 is 5.92 Å². The zero-order valence-corrected chi connectivity index (χ0v) is 17.9. The summed E-state index contributed by atoms with van der Waals surface area (Å²) in [6.07, 6.45) is 2.45. The number of carbonyl (C=O) groups is 3. The van der Waals surface area contributed by atoms with Crippen LogP contribution in [0.4, 0.5) is 5.13 Å². The lowest BCUT2D eigenvalue weighted by Gasteiger charge is -2.21. The van der Waals surface area contributed by atoms with Gasteiger partial charge in [-0.15, -0.1) is 11.3 Å². The number of ketones is 1. The number of nitrogens with zero attached hydrogens (tertiary/aromatic N) is 2. The Balaban J connectivity index is 1.40. The number of hydrogen-bond donors (Lipinski definition) is 2. The molecule has 2 N–H and O–H groups in total. The number of fused-ring (bicyclic) bond motifs is 1. The van der Waals surface area contributed by atoms with Crippen LogP contribution in [0.25, 0.3) is 0 Å². The number of amides is 2. The molecule has 0 radical (unpaired) electrons. The number of carbonyl (C=O) groups excluding carboxylic acids is 3. The van der Waals surface area contributed by atoms with Crippen LogP contribution in [0.3, 0.4) is 0 Å². The highest BCUT2D eigenvalue weighted by Crippen LogP contribution is 2.32.